The zero-order valence-corrected chi connectivity index (χ0v) is 16.5. The third-order valence-corrected chi connectivity index (χ3v) is 5.37. The van der Waals surface area contributed by atoms with Crippen LogP contribution in [0, 0.1) is 0 Å². The van der Waals surface area contributed by atoms with Crippen LogP contribution >= 0.6 is 11.8 Å². The van der Waals surface area contributed by atoms with Crippen LogP contribution in [0.3, 0.4) is 0 Å². The number of alkyl halides is 3. The summed E-state index contributed by atoms with van der Waals surface area (Å²) in [6.07, 6.45) is -4.40. The van der Waals surface area contributed by atoms with Crippen LogP contribution in [-0.2, 0) is 18.5 Å². The van der Waals surface area contributed by atoms with Crippen LogP contribution in [0.2, 0.25) is 0 Å². The van der Waals surface area contributed by atoms with Gasteiger partial charge < -0.3 is 4.52 Å². The molecule has 2 heterocycles. The lowest BCUT2D eigenvalue weighted by Crippen LogP contribution is -2.22. The van der Waals surface area contributed by atoms with E-state index in [0.29, 0.717) is 28.2 Å². The highest BCUT2D eigenvalue weighted by Crippen LogP contribution is 2.30. The van der Waals surface area contributed by atoms with Gasteiger partial charge in [-0.3, -0.25) is 9.36 Å². The molecule has 30 heavy (non-hydrogen) atoms. The molecule has 0 spiro atoms. The van der Waals surface area contributed by atoms with Gasteiger partial charge in [-0.05, 0) is 31.2 Å². The Morgan fingerprint density at radius 3 is 2.50 bits per heavy atom. The Balaban J connectivity index is 1.54. The van der Waals surface area contributed by atoms with E-state index in [1.54, 1.807) is 22.8 Å². The molecule has 4 aromatic rings. The van der Waals surface area contributed by atoms with Crippen molar-refractivity contribution in [2.24, 2.45) is 0 Å². The maximum atomic E-state index is 12.7. The average Bonchev–Trinajstić information content (AvgIpc) is 3.21. The Kier molecular flexibility index (Phi) is 5.33. The van der Waals surface area contributed by atoms with Crippen LogP contribution in [0.5, 0.6) is 0 Å². The lowest BCUT2D eigenvalue weighted by atomic mass is 10.1. The molecule has 0 saturated carbocycles. The SMILES string of the molecule is CCn1c(SCc2nc(-c3ccc(C(F)(F)F)cc3)no2)nc2ccccc2c1=O. The quantitative estimate of drug-likeness (QED) is 0.334. The second-order valence-electron chi connectivity index (χ2n) is 6.34. The van der Waals surface area contributed by atoms with Crippen molar-refractivity contribution < 1.29 is 17.7 Å². The number of hydrogen-bond acceptors (Lipinski definition) is 6. The van der Waals surface area contributed by atoms with E-state index in [1.165, 1.54) is 23.9 Å². The summed E-state index contributed by atoms with van der Waals surface area (Å²) in [6.45, 7) is 2.32. The van der Waals surface area contributed by atoms with Gasteiger partial charge in [0.25, 0.3) is 5.56 Å². The highest BCUT2D eigenvalue weighted by molar-refractivity contribution is 7.98. The second-order valence-corrected chi connectivity index (χ2v) is 7.28. The maximum absolute atomic E-state index is 12.7. The summed E-state index contributed by atoms with van der Waals surface area (Å²) < 4.78 is 44.9. The Hall–Kier alpha value is -3.14. The lowest BCUT2D eigenvalue weighted by Gasteiger charge is -2.10. The van der Waals surface area contributed by atoms with E-state index < -0.39 is 11.7 Å². The van der Waals surface area contributed by atoms with Crippen molar-refractivity contribution in [3.63, 3.8) is 0 Å². The predicted octanol–water partition coefficient (Wildman–Crippen LogP) is 4.78. The first-order chi connectivity index (χ1) is 14.4. The molecular weight excluding hydrogens is 417 g/mol. The third-order valence-electron chi connectivity index (χ3n) is 4.41. The van der Waals surface area contributed by atoms with E-state index in [-0.39, 0.29) is 23.0 Å². The van der Waals surface area contributed by atoms with Crippen molar-refractivity contribution >= 4 is 22.7 Å². The van der Waals surface area contributed by atoms with E-state index in [1.807, 2.05) is 13.0 Å². The first kappa shape index (κ1) is 20.1. The molecule has 0 N–H and O–H groups in total. The van der Waals surface area contributed by atoms with Crippen LogP contribution in [0.15, 0.2) is 63.0 Å². The first-order valence-electron chi connectivity index (χ1n) is 8.99. The van der Waals surface area contributed by atoms with E-state index in [9.17, 15) is 18.0 Å². The van der Waals surface area contributed by atoms with Crippen LogP contribution in [0.25, 0.3) is 22.3 Å². The Morgan fingerprint density at radius 1 is 1.07 bits per heavy atom. The molecule has 0 amide bonds. The van der Waals surface area contributed by atoms with Crippen molar-refractivity contribution in [2.75, 3.05) is 0 Å². The second kappa shape index (κ2) is 7.94. The molecule has 2 aromatic heterocycles. The fourth-order valence-electron chi connectivity index (χ4n) is 2.90. The summed E-state index contributed by atoms with van der Waals surface area (Å²) in [5.74, 6) is 0.733. The van der Waals surface area contributed by atoms with Gasteiger partial charge in [-0.25, -0.2) is 4.98 Å². The number of benzene rings is 2. The molecule has 0 aliphatic rings. The van der Waals surface area contributed by atoms with Gasteiger partial charge in [0.05, 0.1) is 22.2 Å². The molecule has 0 aliphatic heterocycles. The minimum absolute atomic E-state index is 0.124. The number of aromatic nitrogens is 4. The van der Waals surface area contributed by atoms with E-state index in [0.717, 1.165) is 12.1 Å². The Labute approximate surface area is 172 Å². The number of thioether (sulfide) groups is 1. The van der Waals surface area contributed by atoms with Gasteiger partial charge in [0.2, 0.25) is 11.7 Å². The Morgan fingerprint density at radius 2 is 1.80 bits per heavy atom. The number of hydrogen-bond donors (Lipinski definition) is 0. The van der Waals surface area contributed by atoms with Gasteiger partial charge in [-0.15, -0.1) is 0 Å². The summed E-state index contributed by atoms with van der Waals surface area (Å²) in [6, 6.07) is 11.6. The van der Waals surface area contributed by atoms with Gasteiger partial charge in [0, 0.05) is 12.1 Å². The van der Waals surface area contributed by atoms with Crippen LogP contribution in [0.4, 0.5) is 13.2 Å². The zero-order chi connectivity index (χ0) is 21.3. The number of rotatable bonds is 5. The number of fused-ring (bicyclic) bond motifs is 1. The topological polar surface area (TPSA) is 73.8 Å². The van der Waals surface area contributed by atoms with Gasteiger partial charge in [-0.2, -0.15) is 18.2 Å². The van der Waals surface area contributed by atoms with Crippen molar-refractivity contribution in [2.45, 2.75) is 30.6 Å². The molecule has 0 fully saturated rings. The molecule has 4 rings (SSSR count). The van der Waals surface area contributed by atoms with Gasteiger partial charge in [-0.1, -0.05) is 41.2 Å². The normalized spacial score (nSPS) is 11.9. The predicted molar refractivity (Wildman–Crippen MR) is 106 cm³/mol. The number of para-hydroxylation sites is 1. The van der Waals surface area contributed by atoms with E-state index in [4.69, 9.17) is 4.52 Å². The molecule has 154 valence electrons. The molecule has 0 atom stereocenters. The zero-order valence-electron chi connectivity index (χ0n) is 15.7. The molecule has 0 aliphatic carbocycles. The fraction of sp³-hybridized carbons (Fsp3) is 0.200. The van der Waals surface area contributed by atoms with E-state index >= 15 is 0 Å². The molecule has 0 unspecified atom stereocenters. The van der Waals surface area contributed by atoms with Crippen LogP contribution in [0.1, 0.15) is 18.4 Å². The van der Waals surface area contributed by atoms with Gasteiger partial charge in [0.15, 0.2) is 5.16 Å². The fourth-order valence-corrected chi connectivity index (χ4v) is 3.80. The lowest BCUT2D eigenvalue weighted by molar-refractivity contribution is -0.137. The van der Waals surface area contributed by atoms with Crippen molar-refractivity contribution in [3.05, 3.63) is 70.3 Å². The number of halogens is 3. The van der Waals surface area contributed by atoms with Crippen molar-refractivity contribution in [1.82, 2.24) is 19.7 Å². The monoisotopic (exact) mass is 432 g/mol. The minimum atomic E-state index is -4.40. The van der Waals surface area contributed by atoms with E-state index in [2.05, 4.69) is 15.1 Å². The minimum Gasteiger partial charge on any atom is -0.338 e. The Bertz CT molecular complexity index is 1250. The molecule has 0 radical (unpaired) electrons. The summed E-state index contributed by atoms with van der Waals surface area (Å²) in [7, 11) is 0. The van der Waals surface area contributed by atoms with Crippen molar-refractivity contribution in [1.29, 1.82) is 0 Å². The first-order valence-corrected chi connectivity index (χ1v) is 9.98. The smallest absolute Gasteiger partial charge is 0.338 e. The van der Waals surface area contributed by atoms with Gasteiger partial charge in [0.1, 0.15) is 0 Å². The van der Waals surface area contributed by atoms with Gasteiger partial charge >= 0.3 is 6.18 Å². The molecular formula is C20H15F3N4O2S. The molecule has 0 saturated heterocycles. The summed E-state index contributed by atoms with van der Waals surface area (Å²) >= 11 is 1.27. The van der Waals surface area contributed by atoms with Crippen molar-refractivity contribution in [3.8, 4) is 11.4 Å². The molecule has 0 bridgehead atoms. The molecule has 10 heteroatoms. The maximum Gasteiger partial charge on any atom is 0.416 e. The van der Waals surface area contributed by atoms with Crippen LogP contribution in [-0.4, -0.2) is 19.7 Å². The number of nitrogens with zero attached hydrogens (tertiary/aromatic N) is 4. The van der Waals surface area contributed by atoms with Crippen LogP contribution < -0.4 is 5.56 Å². The summed E-state index contributed by atoms with van der Waals surface area (Å²) in [5.41, 5.74) is 0.148. The highest BCUT2D eigenvalue weighted by Gasteiger charge is 2.30. The molecule has 2 aromatic carbocycles. The standard InChI is InChI=1S/C20H15F3N4O2S/c1-2-27-18(28)14-5-3-4-6-15(14)24-19(27)30-11-16-25-17(26-29-16)12-7-9-13(10-8-12)20(21,22)23/h3-10H,2,11H2,1H3. The average molecular weight is 432 g/mol. The summed E-state index contributed by atoms with van der Waals surface area (Å²) in [5, 5.41) is 4.90. The molecule has 6 nitrogen and oxygen atoms in total. The largest absolute Gasteiger partial charge is 0.416 e. The third kappa shape index (κ3) is 3.95. The highest BCUT2D eigenvalue weighted by atomic mass is 32.2. The summed E-state index contributed by atoms with van der Waals surface area (Å²) in [4.78, 5) is 21.4.